The van der Waals surface area contributed by atoms with Gasteiger partial charge in [-0.2, -0.15) is 0 Å². The zero-order valence-electron chi connectivity index (χ0n) is 14.4. The molecule has 0 bridgehead atoms. The van der Waals surface area contributed by atoms with Crippen LogP contribution >= 0.6 is 11.8 Å². The summed E-state index contributed by atoms with van der Waals surface area (Å²) in [5.74, 6) is 0.475. The van der Waals surface area contributed by atoms with Crippen LogP contribution in [0.3, 0.4) is 0 Å². The largest absolute Gasteiger partial charge is 0.375 e. The number of aromatic nitrogens is 2. The Kier molecular flexibility index (Phi) is 7.68. The Bertz CT molecular complexity index is 614. The molecule has 5 nitrogen and oxygen atoms in total. The van der Waals surface area contributed by atoms with Crippen LogP contribution in [0.1, 0.15) is 19.8 Å². The number of hydrogen-bond donors (Lipinski definition) is 1. The summed E-state index contributed by atoms with van der Waals surface area (Å²) in [5.41, 5.74) is 1.20. The molecule has 0 aliphatic carbocycles. The Morgan fingerprint density at radius 1 is 1.33 bits per heavy atom. The third-order valence-electron chi connectivity index (χ3n) is 3.66. The fourth-order valence-electron chi connectivity index (χ4n) is 2.38. The number of anilines is 1. The van der Waals surface area contributed by atoms with Crippen molar-refractivity contribution in [1.82, 2.24) is 14.9 Å². The number of thioether (sulfide) groups is 1. The molecule has 130 valence electrons. The molecule has 2 aromatic rings. The average molecular weight is 346 g/mol. The summed E-state index contributed by atoms with van der Waals surface area (Å²) in [5, 5.41) is 3.89. The molecule has 0 radical (unpaired) electrons. The standard InChI is InChI=1S/C18H26N4OS/c1-3-12-22-14-11-20-18(22)24-15-17(23)19-10-7-13-21(2)16-8-5-4-6-9-16/h4-6,8-9,11,14H,3,7,10,12-13,15H2,1-2H3,(H,19,23). The predicted molar refractivity (Wildman–Crippen MR) is 101 cm³/mol. The number of hydrogen-bond acceptors (Lipinski definition) is 4. The van der Waals surface area contributed by atoms with Gasteiger partial charge in [-0.25, -0.2) is 4.98 Å². The minimum atomic E-state index is 0.0633. The Balaban J connectivity index is 1.62. The Morgan fingerprint density at radius 3 is 2.88 bits per heavy atom. The Hall–Kier alpha value is -1.95. The SMILES string of the molecule is CCCn1ccnc1SCC(=O)NCCCN(C)c1ccccc1. The van der Waals surface area contributed by atoms with Crippen LogP contribution in [0.15, 0.2) is 47.9 Å². The molecule has 0 fully saturated rings. The van der Waals surface area contributed by atoms with Gasteiger partial charge in [0.25, 0.3) is 0 Å². The van der Waals surface area contributed by atoms with Crippen LogP contribution in [0, 0.1) is 0 Å². The van der Waals surface area contributed by atoms with Crippen molar-refractivity contribution < 1.29 is 4.79 Å². The van der Waals surface area contributed by atoms with Crippen molar-refractivity contribution in [3.8, 4) is 0 Å². The molecule has 0 aliphatic heterocycles. The number of rotatable bonds is 10. The molecular formula is C18H26N4OS. The first kappa shape index (κ1) is 18.4. The minimum Gasteiger partial charge on any atom is -0.375 e. The van der Waals surface area contributed by atoms with Crippen LogP contribution in [0.2, 0.25) is 0 Å². The van der Waals surface area contributed by atoms with Crippen LogP contribution in [0.25, 0.3) is 0 Å². The van der Waals surface area contributed by atoms with Gasteiger partial charge in [-0.15, -0.1) is 0 Å². The molecule has 0 atom stereocenters. The van der Waals surface area contributed by atoms with E-state index >= 15 is 0 Å². The second-order valence-corrected chi connectivity index (χ2v) is 6.59. The Labute approximate surface area is 148 Å². The first-order valence-electron chi connectivity index (χ1n) is 8.37. The number of para-hydroxylation sites is 1. The van der Waals surface area contributed by atoms with E-state index in [-0.39, 0.29) is 5.91 Å². The van der Waals surface area contributed by atoms with E-state index < -0.39 is 0 Å². The molecule has 1 aromatic carbocycles. The van der Waals surface area contributed by atoms with E-state index in [0.717, 1.165) is 31.1 Å². The van der Waals surface area contributed by atoms with E-state index in [2.05, 4.69) is 45.9 Å². The van der Waals surface area contributed by atoms with Crippen LogP contribution in [-0.2, 0) is 11.3 Å². The van der Waals surface area contributed by atoms with Gasteiger partial charge in [0.1, 0.15) is 0 Å². The zero-order valence-corrected chi connectivity index (χ0v) is 15.3. The highest BCUT2D eigenvalue weighted by Crippen LogP contribution is 2.15. The van der Waals surface area contributed by atoms with E-state index in [4.69, 9.17) is 0 Å². The number of aryl methyl sites for hydroxylation is 1. The third kappa shape index (κ3) is 5.92. The predicted octanol–water partition coefficient (Wildman–Crippen LogP) is 3.03. The van der Waals surface area contributed by atoms with E-state index in [9.17, 15) is 4.79 Å². The van der Waals surface area contributed by atoms with Gasteiger partial charge in [0.05, 0.1) is 5.75 Å². The Morgan fingerprint density at radius 2 is 2.12 bits per heavy atom. The van der Waals surface area contributed by atoms with E-state index in [1.54, 1.807) is 6.20 Å². The monoisotopic (exact) mass is 346 g/mol. The van der Waals surface area contributed by atoms with Crippen molar-refractivity contribution >= 4 is 23.4 Å². The first-order valence-corrected chi connectivity index (χ1v) is 9.36. The summed E-state index contributed by atoms with van der Waals surface area (Å²) >= 11 is 1.49. The van der Waals surface area contributed by atoms with Crippen molar-refractivity contribution in [3.63, 3.8) is 0 Å². The lowest BCUT2D eigenvalue weighted by Gasteiger charge is -2.19. The maximum atomic E-state index is 11.9. The fourth-order valence-corrected chi connectivity index (χ4v) is 3.20. The van der Waals surface area contributed by atoms with Crippen LogP contribution < -0.4 is 10.2 Å². The van der Waals surface area contributed by atoms with Crippen LogP contribution in [-0.4, -0.2) is 41.3 Å². The van der Waals surface area contributed by atoms with Gasteiger partial charge in [0.15, 0.2) is 5.16 Å². The van der Waals surface area contributed by atoms with Gasteiger partial charge in [0, 0.05) is 44.8 Å². The summed E-state index contributed by atoms with van der Waals surface area (Å²) in [4.78, 5) is 18.4. The normalized spacial score (nSPS) is 10.6. The molecule has 1 amide bonds. The van der Waals surface area contributed by atoms with Gasteiger partial charge in [-0.3, -0.25) is 4.79 Å². The molecule has 1 heterocycles. The zero-order chi connectivity index (χ0) is 17.2. The van der Waals surface area contributed by atoms with Crippen molar-refractivity contribution in [3.05, 3.63) is 42.7 Å². The lowest BCUT2D eigenvalue weighted by atomic mass is 10.3. The summed E-state index contributed by atoms with van der Waals surface area (Å²) < 4.78 is 2.09. The van der Waals surface area contributed by atoms with Crippen molar-refractivity contribution in [2.45, 2.75) is 31.5 Å². The summed E-state index contributed by atoms with van der Waals surface area (Å²) in [7, 11) is 2.07. The lowest BCUT2D eigenvalue weighted by molar-refractivity contribution is -0.118. The van der Waals surface area contributed by atoms with E-state index in [0.29, 0.717) is 12.3 Å². The molecule has 0 aliphatic rings. The highest BCUT2D eigenvalue weighted by Gasteiger charge is 2.07. The van der Waals surface area contributed by atoms with E-state index in [1.807, 2.05) is 24.4 Å². The van der Waals surface area contributed by atoms with Crippen molar-refractivity contribution in [2.24, 2.45) is 0 Å². The number of imidazole rings is 1. The van der Waals surface area contributed by atoms with Gasteiger partial charge in [0.2, 0.25) is 5.91 Å². The van der Waals surface area contributed by atoms with Crippen molar-refractivity contribution in [1.29, 1.82) is 0 Å². The first-order chi connectivity index (χ1) is 11.7. The maximum Gasteiger partial charge on any atom is 0.230 e. The smallest absolute Gasteiger partial charge is 0.230 e. The van der Waals surface area contributed by atoms with Crippen LogP contribution in [0.5, 0.6) is 0 Å². The number of amides is 1. The number of benzene rings is 1. The number of nitrogens with one attached hydrogen (secondary N) is 1. The van der Waals surface area contributed by atoms with Gasteiger partial charge >= 0.3 is 0 Å². The third-order valence-corrected chi connectivity index (χ3v) is 4.67. The molecule has 0 saturated heterocycles. The van der Waals surface area contributed by atoms with Gasteiger partial charge < -0.3 is 14.8 Å². The molecule has 0 unspecified atom stereocenters. The fraction of sp³-hybridized carbons (Fsp3) is 0.444. The molecule has 6 heteroatoms. The molecule has 0 saturated carbocycles. The number of carbonyl (C=O) groups excluding carboxylic acids is 1. The lowest BCUT2D eigenvalue weighted by Crippen LogP contribution is -2.29. The summed E-state index contributed by atoms with van der Waals surface area (Å²) in [6.45, 7) is 4.68. The highest BCUT2D eigenvalue weighted by molar-refractivity contribution is 7.99. The molecule has 24 heavy (non-hydrogen) atoms. The quantitative estimate of drug-likeness (QED) is 0.531. The molecule has 1 N–H and O–H groups in total. The maximum absolute atomic E-state index is 11.9. The topological polar surface area (TPSA) is 50.2 Å². The second kappa shape index (κ2) is 10.0. The highest BCUT2D eigenvalue weighted by atomic mass is 32.2. The van der Waals surface area contributed by atoms with E-state index in [1.165, 1.54) is 17.4 Å². The summed E-state index contributed by atoms with van der Waals surface area (Å²) in [6, 6.07) is 10.3. The molecule has 1 aromatic heterocycles. The van der Waals surface area contributed by atoms with Gasteiger partial charge in [-0.05, 0) is 25.0 Å². The second-order valence-electron chi connectivity index (χ2n) is 5.65. The number of nitrogens with zero attached hydrogens (tertiary/aromatic N) is 3. The molecular weight excluding hydrogens is 320 g/mol. The minimum absolute atomic E-state index is 0.0633. The molecule has 0 spiro atoms. The average Bonchev–Trinajstić information content (AvgIpc) is 3.05. The van der Waals surface area contributed by atoms with Crippen LogP contribution in [0.4, 0.5) is 5.69 Å². The summed E-state index contributed by atoms with van der Waals surface area (Å²) in [6.07, 6.45) is 5.73. The molecule has 2 rings (SSSR count). The van der Waals surface area contributed by atoms with Crippen molar-refractivity contribution in [2.75, 3.05) is 30.8 Å². The number of carbonyl (C=O) groups is 1. The van der Waals surface area contributed by atoms with Gasteiger partial charge in [-0.1, -0.05) is 36.9 Å².